The number of anilines is 3. The predicted octanol–water partition coefficient (Wildman–Crippen LogP) is 3.57. The van der Waals surface area contributed by atoms with E-state index in [1.165, 1.54) is 6.07 Å². The van der Waals surface area contributed by atoms with Gasteiger partial charge >= 0.3 is 6.03 Å². The van der Waals surface area contributed by atoms with Gasteiger partial charge in [-0.25, -0.2) is 4.79 Å². The van der Waals surface area contributed by atoms with Crippen LogP contribution in [-0.2, 0) is 4.79 Å². The fourth-order valence-electron chi connectivity index (χ4n) is 2.38. The molecule has 2 aromatic rings. The third kappa shape index (κ3) is 6.60. The van der Waals surface area contributed by atoms with Crippen LogP contribution in [0.15, 0.2) is 48.5 Å². The van der Waals surface area contributed by atoms with E-state index < -0.39 is 4.92 Å². The molecule has 9 heteroatoms. The monoisotopic (exact) mass is 385 g/mol. The molecule has 0 radical (unpaired) electrons. The Morgan fingerprint density at radius 1 is 1.00 bits per heavy atom. The van der Waals surface area contributed by atoms with E-state index in [9.17, 15) is 19.7 Å². The average molecular weight is 385 g/mol. The van der Waals surface area contributed by atoms with Gasteiger partial charge in [0.15, 0.2) is 0 Å². The fourth-order valence-corrected chi connectivity index (χ4v) is 2.38. The molecule has 0 aliphatic rings. The summed E-state index contributed by atoms with van der Waals surface area (Å²) in [7, 11) is 0. The van der Waals surface area contributed by atoms with Crippen molar-refractivity contribution in [3.63, 3.8) is 0 Å². The Morgan fingerprint density at radius 2 is 1.61 bits per heavy atom. The molecule has 0 spiro atoms. The van der Waals surface area contributed by atoms with Crippen LogP contribution in [0.1, 0.15) is 20.3 Å². The summed E-state index contributed by atoms with van der Waals surface area (Å²) in [6.45, 7) is 3.98. The van der Waals surface area contributed by atoms with Gasteiger partial charge in [-0.3, -0.25) is 14.9 Å². The van der Waals surface area contributed by atoms with Gasteiger partial charge < -0.3 is 21.3 Å². The molecule has 0 saturated carbocycles. The van der Waals surface area contributed by atoms with E-state index >= 15 is 0 Å². The molecule has 28 heavy (non-hydrogen) atoms. The van der Waals surface area contributed by atoms with Crippen molar-refractivity contribution < 1.29 is 14.5 Å². The van der Waals surface area contributed by atoms with E-state index in [4.69, 9.17) is 0 Å². The van der Waals surface area contributed by atoms with E-state index in [0.29, 0.717) is 17.1 Å². The molecule has 0 bridgehead atoms. The van der Waals surface area contributed by atoms with E-state index in [2.05, 4.69) is 21.3 Å². The van der Waals surface area contributed by atoms with Gasteiger partial charge in [0.1, 0.15) is 5.69 Å². The predicted molar refractivity (Wildman–Crippen MR) is 109 cm³/mol. The number of nitro groups is 1. The van der Waals surface area contributed by atoms with Crippen LogP contribution in [0.4, 0.5) is 27.5 Å². The number of nitro benzene ring substituents is 1. The molecular formula is C19H23N5O4. The lowest BCUT2D eigenvalue weighted by Gasteiger charge is -2.11. The molecule has 0 atom stereocenters. The molecule has 0 aliphatic carbocycles. The number of nitrogens with zero attached hydrogens (tertiary/aromatic N) is 1. The van der Waals surface area contributed by atoms with Crippen molar-refractivity contribution >= 4 is 34.7 Å². The van der Waals surface area contributed by atoms with E-state index in [1.54, 1.807) is 42.5 Å². The molecule has 2 rings (SSSR count). The first-order valence-electron chi connectivity index (χ1n) is 8.80. The molecule has 148 valence electrons. The van der Waals surface area contributed by atoms with Crippen molar-refractivity contribution in [2.45, 2.75) is 26.3 Å². The fraction of sp³-hybridized carbons (Fsp3) is 0.263. The minimum absolute atomic E-state index is 0.0319. The molecule has 4 N–H and O–H groups in total. The standard InChI is InChI=1S/C19H23N5O4/c1-13(2)21-19(26)23-15-9-7-14(8-10-15)22-18(25)11-12-20-16-5-3-4-6-17(16)24(27)28/h3-10,13,20H,11-12H2,1-2H3,(H,22,25)(H2,21,23,26). The van der Waals surface area contributed by atoms with E-state index in [-0.39, 0.29) is 36.6 Å². The molecule has 3 amide bonds. The summed E-state index contributed by atoms with van der Waals surface area (Å²) in [6, 6.07) is 12.7. The highest BCUT2D eigenvalue weighted by Crippen LogP contribution is 2.23. The lowest BCUT2D eigenvalue weighted by molar-refractivity contribution is -0.384. The van der Waals surface area contributed by atoms with Crippen molar-refractivity contribution in [3.05, 3.63) is 58.6 Å². The first kappa shape index (κ1) is 20.7. The number of carbonyl (C=O) groups is 2. The molecule has 0 unspecified atom stereocenters. The molecule has 0 aliphatic heterocycles. The quantitative estimate of drug-likeness (QED) is 0.408. The van der Waals surface area contributed by atoms with Gasteiger partial charge in [-0.15, -0.1) is 0 Å². The van der Waals surface area contributed by atoms with Crippen LogP contribution in [-0.4, -0.2) is 29.4 Å². The van der Waals surface area contributed by atoms with Crippen molar-refractivity contribution in [2.24, 2.45) is 0 Å². The zero-order chi connectivity index (χ0) is 20.5. The van der Waals surface area contributed by atoms with Crippen molar-refractivity contribution in [3.8, 4) is 0 Å². The topological polar surface area (TPSA) is 125 Å². The molecule has 0 saturated heterocycles. The number of para-hydroxylation sites is 2. The van der Waals surface area contributed by atoms with Gasteiger partial charge in [0.25, 0.3) is 5.69 Å². The summed E-state index contributed by atoms with van der Waals surface area (Å²) in [5, 5.41) is 22.0. The third-order valence-corrected chi connectivity index (χ3v) is 3.61. The summed E-state index contributed by atoms with van der Waals surface area (Å²) < 4.78 is 0. The lowest BCUT2D eigenvalue weighted by Crippen LogP contribution is -2.34. The maximum absolute atomic E-state index is 12.0. The summed E-state index contributed by atoms with van der Waals surface area (Å²) >= 11 is 0. The Hall–Kier alpha value is -3.62. The van der Waals surface area contributed by atoms with E-state index in [0.717, 1.165) is 0 Å². The molecular weight excluding hydrogens is 362 g/mol. The molecule has 0 heterocycles. The third-order valence-electron chi connectivity index (χ3n) is 3.61. The molecule has 0 fully saturated rings. The van der Waals surface area contributed by atoms with Crippen LogP contribution < -0.4 is 21.3 Å². The van der Waals surface area contributed by atoms with Crippen molar-refractivity contribution in [2.75, 3.05) is 22.5 Å². The van der Waals surface area contributed by atoms with Crippen LogP contribution in [0.3, 0.4) is 0 Å². The van der Waals surface area contributed by atoms with Gasteiger partial charge in [0, 0.05) is 36.4 Å². The zero-order valence-corrected chi connectivity index (χ0v) is 15.7. The number of amides is 3. The second-order valence-electron chi connectivity index (χ2n) is 6.33. The van der Waals surface area contributed by atoms with Crippen molar-refractivity contribution in [1.29, 1.82) is 0 Å². The largest absolute Gasteiger partial charge is 0.379 e. The maximum atomic E-state index is 12.0. The zero-order valence-electron chi connectivity index (χ0n) is 15.7. The van der Waals surface area contributed by atoms with Crippen LogP contribution in [0.25, 0.3) is 0 Å². The Labute approximate surface area is 162 Å². The first-order valence-corrected chi connectivity index (χ1v) is 8.80. The minimum Gasteiger partial charge on any atom is -0.379 e. The number of rotatable bonds is 8. The second-order valence-corrected chi connectivity index (χ2v) is 6.33. The summed E-state index contributed by atoms with van der Waals surface area (Å²) in [5.74, 6) is -0.232. The number of nitrogens with one attached hydrogen (secondary N) is 4. The summed E-state index contributed by atoms with van der Waals surface area (Å²) in [5.41, 5.74) is 1.53. The number of urea groups is 1. The summed E-state index contributed by atoms with van der Waals surface area (Å²) in [6.07, 6.45) is 0.142. The lowest BCUT2D eigenvalue weighted by atomic mass is 10.2. The van der Waals surface area contributed by atoms with E-state index in [1.807, 2.05) is 13.8 Å². The smallest absolute Gasteiger partial charge is 0.319 e. The Kier molecular flexibility index (Phi) is 7.32. The van der Waals surface area contributed by atoms with Crippen LogP contribution in [0.2, 0.25) is 0 Å². The molecule has 2 aromatic carbocycles. The highest BCUT2D eigenvalue weighted by molar-refractivity contribution is 5.92. The van der Waals surface area contributed by atoms with Crippen molar-refractivity contribution in [1.82, 2.24) is 5.32 Å². The average Bonchev–Trinajstić information content (AvgIpc) is 2.63. The Morgan fingerprint density at radius 3 is 2.21 bits per heavy atom. The Bertz CT molecular complexity index is 836. The van der Waals surface area contributed by atoms with Gasteiger partial charge in [0.05, 0.1) is 4.92 Å². The molecule has 9 nitrogen and oxygen atoms in total. The number of hydrogen-bond acceptors (Lipinski definition) is 5. The van der Waals surface area contributed by atoms with Crippen LogP contribution >= 0.6 is 0 Å². The van der Waals surface area contributed by atoms with Crippen LogP contribution in [0.5, 0.6) is 0 Å². The second kappa shape index (κ2) is 9.91. The van der Waals surface area contributed by atoms with Gasteiger partial charge in [-0.05, 0) is 44.2 Å². The maximum Gasteiger partial charge on any atom is 0.319 e. The normalized spacial score (nSPS) is 10.2. The number of carbonyl (C=O) groups excluding carboxylic acids is 2. The highest BCUT2D eigenvalue weighted by Gasteiger charge is 2.12. The van der Waals surface area contributed by atoms with Gasteiger partial charge in [-0.1, -0.05) is 12.1 Å². The Balaban J connectivity index is 1.80. The van der Waals surface area contributed by atoms with Gasteiger partial charge in [-0.2, -0.15) is 0 Å². The highest BCUT2D eigenvalue weighted by atomic mass is 16.6. The first-order chi connectivity index (χ1) is 13.3. The van der Waals surface area contributed by atoms with Crippen LogP contribution in [0, 0.1) is 10.1 Å². The minimum atomic E-state index is -0.473. The number of hydrogen-bond donors (Lipinski definition) is 4. The SMILES string of the molecule is CC(C)NC(=O)Nc1ccc(NC(=O)CCNc2ccccc2[N+](=O)[O-])cc1. The van der Waals surface area contributed by atoms with Gasteiger partial charge in [0.2, 0.25) is 5.91 Å². The number of benzene rings is 2. The molecule has 0 aromatic heterocycles. The summed E-state index contributed by atoms with van der Waals surface area (Å²) in [4.78, 5) is 34.2.